The molecule has 6 nitrogen and oxygen atoms in total. The molecule has 0 atom stereocenters. The SMILES string of the molecule is Cc1cc(C)cc(C(=O)OCC(=O)NNC(=O)c2ccccc2Br)c1. The van der Waals surface area contributed by atoms with Gasteiger partial charge in [0.2, 0.25) is 0 Å². The van der Waals surface area contributed by atoms with Crippen molar-refractivity contribution in [1.82, 2.24) is 10.9 Å². The van der Waals surface area contributed by atoms with E-state index in [2.05, 4.69) is 26.8 Å². The standard InChI is InChI=1S/C18H17BrN2O4/c1-11-7-12(2)9-13(8-11)18(24)25-10-16(22)20-21-17(23)14-5-3-4-6-15(14)19/h3-9H,10H2,1-2H3,(H,20,22)(H,21,23). The van der Waals surface area contributed by atoms with E-state index in [1.165, 1.54) is 0 Å². The van der Waals surface area contributed by atoms with Crippen LogP contribution in [-0.2, 0) is 9.53 Å². The third-order valence-electron chi connectivity index (χ3n) is 3.23. The normalized spacial score (nSPS) is 10.0. The lowest BCUT2D eigenvalue weighted by Gasteiger charge is -2.09. The number of esters is 1. The predicted molar refractivity (Wildman–Crippen MR) is 95.9 cm³/mol. The van der Waals surface area contributed by atoms with E-state index in [0.29, 0.717) is 15.6 Å². The largest absolute Gasteiger partial charge is 0.452 e. The average molecular weight is 405 g/mol. The molecule has 0 aliphatic carbocycles. The minimum Gasteiger partial charge on any atom is -0.452 e. The monoisotopic (exact) mass is 404 g/mol. The van der Waals surface area contributed by atoms with Crippen molar-refractivity contribution >= 4 is 33.7 Å². The summed E-state index contributed by atoms with van der Waals surface area (Å²) in [5.74, 6) is -1.72. The van der Waals surface area contributed by atoms with E-state index in [4.69, 9.17) is 4.74 Å². The molecule has 130 valence electrons. The molecule has 7 heteroatoms. The molecule has 0 saturated heterocycles. The van der Waals surface area contributed by atoms with E-state index in [0.717, 1.165) is 11.1 Å². The highest BCUT2D eigenvalue weighted by Gasteiger charge is 2.13. The summed E-state index contributed by atoms with van der Waals surface area (Å²) in [5, 5.41) is 0. The van der Waals surface area contributed by atoms with Gasteiger partial charge in [-0.3, -0.25) is 20.4 Å². The van der Waals surface area contributed by atoms with Crippen molar-refractivity contribution in [3.05, 3.63) is 69.2 Å². The average Bonchev–Trinajstić information content (AvgIpc) is 2.57. The van der Waals surface area contributed by atoms with Crippen molar-refractivity contribution in [2.24, 2.45) is 0 Å². The van der Waals surface area contributed by atoms with E-state index < -0.39 is 24.4 Å². The van der Waals surface area contributed by atoms with E-state index in [9.17, 15) is 14.4 Å². The highest BCUT2D eigenvalue weighted by atomic mass is 79.9. The number of halogens is 1. The van der Waals surface area contributed by atoms with Crippen LogP contribution in [0.5, 0.6) is 0 Å². The van der Waals surface area contributed by atoms with Crippen molar-refractivity contribution in [3.8, 4) is 0 Å². The molecule has 0 aromatic heterocycles. The van der Waals surface area contributed by atoms with E-state index in [1.54, 1.807) is 36.4 Å². The number of rotatable bonds is 4. The molecule has 0 saturated carbocycles. The lowest BCUT2D eigenvalue weighted by Crippen LogP contribution is -2.43. The lowest BCUT2D eigenvalue weighted by molar-refractivity contribution is -0.125. The third kappa shape index (κ3) is 5.42. The van der Waals surface area contributed by atoms with Crippen molar-refractivity contribution in [1.29, 1.82) is 0 Å². The lowest BCUT2D eigenvalue weighted by atomic mass is 10.1. The summed E-state index contributed by atoms with van der Waals surface area (Å²) < 4.78 is 5.55. The third-order valence-corrected chi connectivity index (χ3v) is 3.92. The van der Waals surface area contributed by atoms with E-state index in [-0.39, 0.29) is 0 Å². The first-order valence-electron chi connectivity index (χ1n) is 7.46. The molecule has 2 aromatic rings. The zero-order valence-electron chi connectivity index (χ0n) is 13.8. The Morgan fingerprint density at radius 3 is 2.28 bits per heavy atom. The van der Waals surface area contributed by atoms with Crippen molar-refractivity contribution in [2.45, 2.75) is 13.8 Å². The van der Waals surface area contributed by atoms with Gasteiger partial charge in [0.1, 0.15) is 0 Å². The summed E-state index contributed by atoms with van der Waals surface area (Å²) >= 11 is 3.25. The van der Waals surface area contributed by atoms with Gasteiger partial charge in [0.05, 0.1) is 11.1 Å². The Kier molecular flexibility index (Phi) is 6.30. The topological polar surface area (TPSA) is 84.5 Å². The van der Waals surface area contributed by atoms with Gasteiger partial charge in [-0.1, -0.05) is 29.3 Å². The fourth-order valence-corrected chi connectivity index (χ4v) is 2.65. The fraction of sp³-hybridized carbons (Fsp3) is 0.167. The molecule has 2 N–H and O–H groups in total. The second kappa shape index (κ2) is 8.43. The second-order valence-electron chi connectivity index (χ2n) is 5.43. The maximum atomic E-state index is 12.0. The Bertz CT molecular complexity index is 800. The van der Waals surface area contributed by atoms with Crippen molar-refractivity contribution < 1.29 is 19.1 Å². The maximum Gasteiger partial charge on any atom is 0.338 e. The van der Waals surface area contributed by atoms with Gasteiger partial charge in [-0.25, -0.2) is 4.79 Å². The molecule has 0 heterocycles. The summed E-state index contributed by atoms with van der Waals surface area (Å²) in [7, 11) is 0. The van der Waals surface area contributed by atoms with Crippen LogP contribution in [0, 0.1) is 13.8 Å². The Balaban J connectivity index is 1.83. The molecule has 0 spiro atoms. The molecule has 0 aliphatic rings. The fourth-order valence-electron chi connectivity index (χ4n) is 2.18. The predicted octanol–water partition coefficient (Wildman–Crippen LogP) is 2.68. The molecule has 0 bridgehead atoms. The van der Waals surface area contributed by atoms with Gasteiger partial charge in [0.15, 0.2) is 6.61 Å². The van der Waals surface area contributed by atoms with Crippen LogP contribution in [0.2, 0.25) is 0 Å². The van der Waals surface area contributed by atoms with Crippen LogP contribution < -0.4 is 10.9 Å². The summed E-state index contributed by atoms with van der Waals surface area (Å²) in [4.78, 5) is 35.6. The number of carbonyl (C=O) groups excluding carboxylic acids is 3. The van der Waals surface area contributed by atoms with E-state index in [1.807, 2.05) is 19.9 Å². The van der Waals surface area contributed by atoms with Gasteiger partial charge in [0.25, 0.3) is 11.8 Å². The summed E-state index contributed by atoms with van der Waals surface area (Å²) in [6.45, 7) is 3.24. The van der Waals surface area contributed by atoms with Gasteiger partial charge in [-0.2, -0.15) is 0 Å². The number of aryl methyl sites for hydroxylation is 2. The van der Waals surface area contributed by atoms with Gasteiger partial charge < -0.3 is 4.74 Å². The second-order valence-corrected chi connectivity index (χ2v) is 6.29. The number of nitrogens with one attached hydrogen (secondary N) is 2. The van der Waals surface area contributed by atoms with Crippen LogP contribution in [0.3, 0.4) is 0 Å². The maximum absolute atomic E-state index is 12.0. The highest BCUT2D eigenvalue weighted by molar-refractivity contribution is 9.10. The first-order valence-corrected chi connectivity index (χ1v) is 8.25. The Labute approximate surface area is 153 Å². The molecule has 25 heavy (non-hydrogen) atoms. The van der Waals surface area contributed by atoms with Gasteiger partial charge >= 0.3 is 5.97 Å². The molecular formula is C18H17BrN2O4. The van der Waals surface area contributed by atoms with Gasteiger partial charge in [0, 0.05) is 4.47 Å². The molecule has 0 radical (unpaired) electrons. The van der Waals surface area contributed by atoms with Crippen LogP contribution in [0.25, 0.3) is 0 Å². The van der Waals surface area contributed by atoms with Crippen molar-refractivity contribution in [3.63, 3.8) is 0 Å². The molecule has 2 rings (SSSR count). The molecule has 2 amide bonds. The number of amides is 2. The van der Waals surface area contributed by atoms with Crippen LogP contribution in [0.1, 0.15) is 31.8 Å². The smallest absolute Gasteiger partial charge is 0.338 e. The number of hydrazine groups is 1. The van der Waals surface area contributed by atoms with Crippen LogP contribution in [-0.4, -0.2) is 24.4 Å². The Morgan fingerprint density at radius 1 is 1.00 bits per heavy atom. The van der Waals surface area contributed by atoms with Crippen LogP contribution in [0.4, 0.5) is 0 Å². The number of hydrogen-bond donors (Lipinski definition) is 2. The Morgan fingerprint density at radius 2 is 1.64 bits per heavy atom. The van der Waals surface area contributed by atoms with Crippen LogP contribution in [0.15, 0.2) is 46.9 Å². The molecular weight excluding hydrogens is 388 g/mol. The minimum absolute atomic E-state index is 0.370. The quantitative estimate of drug-likeness (QED) is 0.605. The van der Waals surface area contributed by atoms with Crippen LogP contribution >= 0.6 is 15.9 Å². The number of benzene rings is 2. The molecule has 0 unspecified atom stereocenters. The summed E-state index contributed by atoms with van der Waals surface area (Å²) in [5.41, 5.74) is 7.07. The van der Waals surface area contributed by atoms with Gasteiger partial charge in [-0.15, -0.1) is 0 Å². The number of carbonyl (C=O) groups is 3. The molecule has 0 fully saturated rings. The Hall–Kier alpha value is -2.67. The summed E-state index contributed by atoms with van der Waals surface area (Å²) in [6, 6.07) is 12.1. The van der Waals surface area contributed by atoms with Gasteiger partial charge in [-0.05, 0) is 54.0 Å². The summed E-state index contributed by atoms with van der Waals surface area (Å²) in [6.07, 6.45) is 0. The molecule has 0 aliphatic heterocycles. The zero-order valence-corrected chi connectivity index (χ0v) is 15.3. The highest BCUT2D eigenvalue weighted by Crippen LogP contribution is 2.15. The van der Waals surface area contributed by atoms with Crippen molar-refractivity contribution in [2.75, 3.05) is 6.61 Å². The van der Waals surface area contributed by atoms with E-state index >= 15 is 0 Å². The number of ether oxygens (including phenoxy) is 1. The molecule has 2 aromatic carbocycles. The first-order chi connectivity index (χ1) is 11.9. The minimum atomic E-state index is -0.641. The zero-order chi connectivity index (χ0) is 18.4. The number of hydrogen-bond acceptors (Lipinski definition) is 4. The first kappa shape index (κ1) is 18.7.